The highest BCUT2D eigenvalue weighted by Crippen LogP contribution is 2.25. The number of carbonyl (C=O) groups is 1. The molecule has 1 aliphatic heterocycles. The first-order valence-electron chi connectivity index (χ1n) is 6.38. The maximum absolute atomic E-state index is 13.8. The van der Waals surface area contributed by atoms with E-state index in [1.807, 2.05) is 4.90 Å². The number of hydrogen-bond donors (Lipinski definition) is 0. The van der Waals surface area contributed by atoms with E-state index in [1.54, 1.807) is 12.1 Å². The summed E-state index contributed by atoms with van der Waals surface area (Å²) in [5, 5.41) is 0.397. The number of likely N-dealkylation sites (tertiary alicyclic amines) is 1. The molecular weight excluding hydrogens is 269 g/mol. The second-order valence-electron chi connectivity index (χ2n) is 4.71. The summed E-state index contributed by atoms with van der Waals surface area (Å²) >= 11 is 6.03. The highest BCUT2D eigenvalue weighted by Gasteiger charge is 2.30. The Kier molecular flexibility index (Phi) is 4.77. The van der Waals surface area contributed by atoms with Gasteiger partial charge in [-0.3, -0.25) is 9.69 Å². The molecule has 0 spiro atoms. The van der Waals surface area contributed by atoms with Gasteiger partial charge in [0, 0.05) is 17.1 Å². The number of ether oxygens (including phenoxy) is 1. The zero-order chi connectivity index (χ0) is 13.8. The Morgan fingerprint density at radius 1 is 1.53 bits per heavy atom. The van der Waals surface area contributed by atoms with Crippen molar-refractivity contribution < 1.29 is 13.9 Å². The maximum atomic E-state index is 13.8. The monoisotopic (exact) mass is 285 g/mol. The molecule has 1 saturated heterocycles. The van der Waals surface area contributed by atoms with Gasteiger partial charge in [-0.2, -0.15) is 0 Å². The Morgan fingerprint density at radius 2 is 2.32 bits per heavy atom. The average Bonchev–Trinajstić information content (AvgIpc) is 2.42. The lowest BCUT2D eigenvalue weighted by Gasteiger charge is -2.33. The van der Waals surface area contributed by atoms with Crippen LogP contribution < -0.4 is 0 Å². The first kappa shape index (κ1) is 14.3. The fourth-order valence-corrected chi connectivity index (χ4v) is 2.69. The lowest BCUT2D eigenvalue weighted by molar-refractivity contribution is -0.148. The molecule has 1 aromatic rings. The number of halogens is 2. The minimum absolute atomic E-state index is 0.257. The van der Waals surface area contributed by atoms with Gasteiger partial charge in [-0.1, -0.05) is 24.1 Å². The zero-order valence-electron chi connectivity index (χ0n) is 10.9. The molecule has 0 bridgehead atoms. The first-order valence-corrected chi connectivity index (χ1v) is 6.76. The maximum Gasteiger partial charge on any atom is 0.323 e. The van der Waals surface area contributed by atoms with Gasteiger partial charge in [0.25, 0.3) is 0 Å². The van der Waals surface area contributed by atoms with Crippen LogP contribution in [0.25, 0.3) is 0 Å². The van der Waals surface area contributed by atoms with Crippen LogP contribution in [0, 0.1) is 5.82 Å². The van der Waals surface area contributed by atoms with Crippen LogP contribution in [0.2, 0.25) is 5.02 Å². The molecule has 5 heteroatoms. The van der Waals surface area contributed by atoms with Crippen molar-refractivity contribution >= 4 is 17.6 Å². The predicted molar refractivity (Wildman–Crippen MR) is 71.5 cm³/mol. The van der Waals surface area contributed by atoms with Crippen LogP contribution in [0.1, 0.15) is 24.8 Å². The number of methoxy groups -OCH3 is 1. The van der Waals surface area contributed by atoms with Gasteiger partial charge in [-0.25, -0.2) is 4.39 Å². The topological polar surface area (TPSA) is 29.5 Å². The lowest BCUT2D eigenvalue weighted by Crippen LogP contribution is -2.44. The molecule has 3 nitrogen and oxygen atoms in total. The van der Waals surface area contributed by atoms with Crippen LogP contribution in [0.3, 0.4) is 0 Å². The van der Waals surface area contributed by atoms with Crippen LogP contribution in [0.5, 0.6) is 0 Å². The molecule has 0 aromatic heterocycles. The number of carbonyl (C=O) groups excluding carboxylic acids is 1. The molecule has 1 heterocycles. The molecule has 104 valence electrons. The van der Waals surface area contributed by atoms with Crippen molar-refractivity contribution in [2.45, 2.75) is 31.8 Å². The van der Waals surface area contributed by atoms with Gasteiger partial charge in [0.05, 0.1) is 7.11 Å². The highest BCUT2D eigenvalue weighted by molar-refractivity contribution is 6.31. The van der Waals surface area contributed by atoms with Crippen molar-refractivity contribution in [1.29, 1.82) is 0 Å². The number of rotatable bonds is 3. The van der Waals surface area contributed by atoms with E-state index in [9.17, 15) is 9.18 Å². The van der Waals surface area contributed by atoms with Crippen LogP contribution in [0.4, 0.5) is 4.39 Å². The van der Waals surface area contributed by atoms with Crippen molar-refractivity contribution in [2.75, 3.05) is 13.7 Å². The molecular formula is C14H17ClFNO2. The lowest BCUT2D eigenvalue weighted by atomic mass is 10.0. The molecule has 0 amide bonds. The van der Waals surface area contributed by atoms with E-state index in [1.165, 1.54) is 13.2 Å². The van der Waals surface area contributed by atoms with Crippen LogP contribution in [0.15, 0.2) is 18.2 Å². The minimum Gasteiger partial charge on any atom is -0.468 e. The molecule has 1 unspecified atom stereocenters. The quantitative estimate of drug-likeness (QED) is 0.800. The first-order chi connectivity index (χ1) is 9.13. The summed E-state index contributed by atoms with van der Waals surface area (Å²) in [6.07, 6.45) is 2.74. The summed E-state index contributed by atoms with van der Waals surface area (Å²) < 4.78 is 18.6. The van der Waals surface area contributed by atoms with E-state index in [-0.39, 0.29) is 17.8 Å². The second kappa shape index (κ2) is 6.35. The van der Waals surface area contributed by atoms with Gasteiger partial charge < -0.3 is 4.74 Å². The van der Waals surface area contributed by atoms with Gasteiger partial charge in [0.1, 0.15) is 11.9 Å². The molecule has 0 saturated carbocycles. The summed E-state index contributed by atoms with van der Waals surface area (Å²) in [5.74, 6) is -0.589. The summed E-state index contributed by atoms with van der Waals surface area (Å²) in [7, 11) is 1.38. The number of benzene rings is 1. The van der Waals surface area contributed by atoms with Gasteiger partial charge in [0.2, 0.25) is 0 Å². The van der Waals surface area contributed by atoms with Gasteiger partial charge in [-0.15, -0.1) is 0 Å². The third-order valence-corrected chi connectivity index (χ3v) is 3.86. The van der Waals surface area contributed by atoms with Crippen LogP contribution >= 0.6 is 11.6 Å². The normalized spacial score (nSPS) is 20.3. The largest absolute Gasteiger partial charge is 0.468 e. The predicted octanol–water partition coefficient (Wildman–Crippen LogP) is 3.01. The van der Waals surface area contributed by atoms with E-state index in [4.69, 9.17) is 16.3 Å². The van der Waals surface area contributed by atoms with Crippen molar-refractivity contribution in [3.63, 3.8) is 0 Å². The van der Waals surface area contributed by atoms with Crippen molar-refractivity contribution in [3.8, 4) is 0 Å². The Bertz CT molecular complexity index is 447. The van der Waals surface area contributed by atoms with Crippen LogP contribution in [-0.2, 0) is 16.1 Å². The number of hydrogen-bond acceptors (Lipinski definition) is 3. The minimum atomic E-state index is -0.332. The molecule has 1 aromatic carbocycles. The second-order valence-corrected chi connectivity index (χ2v) is 5.11. The van der Waals surface area contributed by atoms with Crippen molar-refractivity contribution in [3.05, 3.63) is 34.6 Å². The van der Waals surface area contributed by atoms with Gasteiger partial charge in [-0.05, 0) is 31.5 Å². The van der Waals surface area contributed by atoms with E-state index < -0.39 is 0 Å². The van der Waals surface area contributed by atoms with E-state index in [2.05, 4.69) is 0 Å². The molecule has 1 atom stereocenters. The molecule has 0 radical (unpaired) electrons. The fourth-order valence-electron chi connectivity index (χ4n) is 2.47. The summed E-state index contributed by atoms with van der Waals surface area (Å²) in [4.78, 5) is 13.7. The third-order valence-electron chi connectivity index (χ3n) is 3.51. The molecule has 1 fully saturated rings. The van der Waals surface area contributed by atoms with Crippen LogP contribution in [-0.4, -0.2) is 30.6 Å². The zero-order valence-corrected chi connectivity index (χ0v) is 11.6. The Labute approximate surface area is 117 Å². The third kappa shape index (κ3) is 3.25. The Balaban J connectivity index is 2.18. The number of piperidine rings is 1. The smallest absolute Gasteiger partial charge is 0.323 e. The van der Waals surface area contributed by atoms with E-state index >= 15 is 0 Å². The highest BCUT2D eigenvalue weighted by atomic mass is 35.5. The van der Waals surface area contributed by atoms with Crippen molar-refractivity contribution in [2.24, 2.45) is 0 Å². The summed E-state index contributed by atoms with van der Waals surface area (Å²) in [6, 6.07) is 4.33. The molecule has 1 aliphatic rings. The van der Waals surface area contributed by atoms with Gasteiger partial charge >= 0.3 is 5.97 Å². The number of nitrogens with zero attached hydrogens (tertiary/aromatic N) is 1. The molecule has 19 heavy (non-hydrogen) atoms. The Morgan fingerprint density at radius 3 is 3.00 bits per heavy atom. The summed E-state index contributed by atoms with van der Waals surface area (Å²) in [6.45, 7) is 1.09. The number of esters is 1. The van der Waals surface area contributed by atoms with Gasteiger partial charge in [0.15, 0.2) is 0 Å². The summed E-state index contributed by atoms with van der Waals surface area (Å²) in [5.41, 5.74) is 0.444. The van der Waals surface area contributed by atoms with E-state index in [0.29, 0.717) is 17.1 Å². The standard InChI is InChI=1S/C14H17ClFNO2/c1-19-14(18)13-7-2-3-8-17(13)9-10-11(15)5-4-6-12(10)16/h4-6,13H,2-3,7-9H2,1H3. The SMILES string of the molecule is COC(=O)C1CCCCN1Cc1c(F)cccc1Cl. The molecule has 0 N–H and O–H groups in total. The fraction of sp³-hybridized carbons (Fsp3) is 0.500. The molecule has 0 aliphatic carbocycles. The van der Waals surface area contributed by atoms with Crippen molar-refractivity contribution in [1.82, 2.24) is 4.90 Å². The molecule has 2 rings (SSSR count). The Hall–Kier alpha value is -1.13. The average molecular weight is 286 g/mol. The van der Waals surface area contributed by atoms with E-state index in [0.717, 1.165) is 25.8 Å².